The molecule has 0 atom stereocenters. The summed E-state index contributed by atoms with van der Waals surface area (Å²) in [7, 11) is 0. The monoisotopic (exact) mass is 329 g/mol. The van der Waals surface area contributed by atoms with Crippen molar-refractivity contribution < 1.29 is 5.11 Å². The zero-order valence-electron chi connectivity index (χ0n) is 14.0. The summed E-state index contributed by atoms with van der Waals surface area (Å²) in [6, 6.07) is 23.5. The average Bonchev–Trinajstić information content (AvgIpc) is 3.01. The first-order valence-corrected chi connectivity index (χ1v) is 8.27. The molecule has 25 heavy (non-hydrogen) atoms. The van der Waals surface area contributed by atoms with E-state index in [9.17, 15) is 5.11 Å². The van der Waals surface area contributed by atoms with Gasteiger partial charge in [0.2, 0.25) is 0 Å². The second kappa shape index (κ2) is 6.32. The zero-order valence-corrected chi connectivity index (χ0v) is 14.0. The van der Waals surface area contributed by atoms with Crippen LogP contribution in [0.25, 0.3) is 16.9 Å². The number of aryl methyl sites for hydroxylation is 1. The molecule has 4 nitrogen and oxygen atoms in total. The summed E-state index contributed by atoms with van der Waals surface area (Å²) in [5.74, 6) is 1.21. The normalized spacial score (nSPS) is 10.9. The van der Waals surface area contributed by atoms with Gasteiger partial charge >= 0.3 is 0 Å². The van der Waals surface area contributed by atoms with Crippen LogP contribution in [0.2, 0.25) is 0 Å². The molecule has 4 aromatic rings. The lowest BCUT2D eigenvalue weighted by Gasteiger charge is -2.11. The minimum Gasteiger partial charge on any atom is -0.508 e. The van der Waals surface area contributed by atoms with E-state index >= 15 is 0 Å². The Morgan fingerprint density at radius 1 is 0.920 bits per heavy atom. The molecule has 124 valence electrons. The van der Waals surface area contributed by atoms with Crippen LogP contribution in [-0.2, 0) is 6.54 Å². The molecule has 2 heterocycles. The van der Waals surface area contributed by atoms with Crippen LogP contribution in [0.15, 0.2) is 72.8 Å². The Kier molecular flexibility index (Phi) is 3.86. The van der Waals surface area contributed by atoms with E-state index in [1.807, 2.05) is 42.5 Å². The van der Waals surface area contributed by atoms with E-state index in [0.29, 0.717) is 6.54 Å². The van der Waals surface area contributed by atoms with Gasteiger partial charge in [-0.3, -0.25) is 4.40 Å². The first-order chi connectivity index (χ1) is 12.2. The second-order valence-electron chi connectivity index (χ2n) is 6.06. The fourth-order valence-electron chi connectivity index (χ4n) is 3.02. The zero-order chi connectivity index (χ0) is 17.2. The standard InChI is InChI=1S/C21H19N3O/c1-15-6-5-9-19-23-20(17-10-12-18(25)13-11-17)21(24(15)19)22-14-16-7-3-2-4-8-16/h2-13,22,25H,14H2,1H3. The van der Waals surface area contributed by atoms with Crippen LogP contribution in [0.4, 0.5) is 5.82 Å². The quantitative estimate of drug-likeness (QED) is 0.574. The van der Waals surface area contributed by atoms with Crippen molar-refractivity contribution in [3.05, 3.63) is 84.1 Å². The number of anilines is 1. The molecular formula is C21H19N3O. The third kappa shape index (κ3) is 2.94. The summed E-state index contributed by atoms with van der Waals surface area (Å²) in [6.07, 6.45) is 0. The molecule has 0 amide bonds. The average molecular weight is 329 g/mol. The molecule has 0 aliphatic heterocycles. The van der Waals surface area contributed by atoms with Gasteiger partial charge in [0.05, 0.1) is 0 Å². The SMILES string of the molecule is Cc1cccc2nc(-c3ccc(O)cc3)c(NCc3ccccc3)n12. The molecule has 0 fully saturated rings. The van der Waals surface area contributed by atoms with E-state index in [1.54, 1.807) is 12.1 Å². The number of hydrogen-bond acceptors (Lipinski definition) is 3. The molecule has 0 saturated heterocycles. The molecule has 4 rings (SSSR count). The largest absolute Gasteiger partial charge is 0.508 e. The minimum absolute atomic E-state index is 0.252. The molecular weight excluding hydrogens is 310 g/mol. The van der Waals surface area contributed by atoms with Gasteiger partial charge in [-0.05, 0) is 48.9 Å². The topological polar surface area (TPSA) is 49.6 Å². The van der Waals surface area contributed by atoms with Gasteiger partial charge in [-0.15, -0.1) is 0 Å². The number of nitrogens with one attached hydrogen (secondary N) is 1. The molecule has 4 heteroatoms. The molecule has 0 spiro atoms. The summed E-state index contributed by atoms with van der Waals surface area (Å²) >= 11 is 0. The Morgan fingerprint density at radius 2 is 1.68 bits per heavy atom. The number of phenolic OH excluding ortho intramolecular Hbond substituents is 1. The molecule has 0 unspecified atom stereocenters. The number of nitrogens with zero attached hydrogens (tertiary/aromatic N) is 2. The van der Waals surface area contributed by atoms with Gasteiger partial charge in [0, 0.05) is 17.8 Å². The second-order valence-corrected chi connectivity index (χ2v) is 6.06. The fourth-order valence-corrected chi connectivity index (χ4v) is 3.02. The third-order valence-corrected chi connectivity index (χ3v) is 4.28. The van der Waals surface area contributed by atoms with E-state index in [1.165, 1.54) is 5.56 Å². The highest BCUT2D eigenvalue weighted by Crippen LogP contribution is 2.31. The third-order valence-electron chi connectivity index (χ3n) is 4.28. The van der Waals surface area contributed by atoms with Crippen molar-refractivity contribution in [2.75, 3.05) is 5.32 Å². The molecule has 0 bridgehead atoms. The van der Waals surface area contributed by atoms with Crippen LogP contribution >= 0.6 is 0 Å². The Morgan fingerprint density at radius 3 is 2.44 bits per heavy atom. The summed E-state index contributed by atoms with van der Waals surface area (Å²) in [5.41, 5.74) is 5.08. The summed E-state index contributed by atoms with van der Waals surface area (Å²) < 4.78 is 2.13. The van der Waals surface area contributed by atoms with Gasteiger partial charge < -0.3 is 10.4 Å². The first kappa shape index (κ1) is 15.3. The number of phenols is 1. The number of aromatic nitrogens is 2. The predicted molar refractivity (Wildman–Crippen MR) is 101 cm³/mol. The lowest BCUT2D eigenvalue weighted by atomic mass is 10.1. The Labute approximate surface area is 146 Å². The van der Waals surface area contributed by atoms with Gasteiger partial charge in [-0.1, -0.05) is 36.4 Å². The van der Waals surface area contributed by atoms with Crippen LogP contribution in [0.1, 0.15) is 11.3 Å². The van der Waals surface area contributed by atoms with E-state index < -0.39 is 0 Å². The Bertz CT molecular complexity index is 1000. The summed E-state index contributed by atoms with van der Waals surface area (Å²) in [5, 5.41) is 13.1. The predicted octanol–water partition coefficient (Wildman–Crippen LogP) is 4.63. The number of imidazole rings is 1. The van der Waals surface area contributed by atoms with E-state index in [-0.39, 0.29) is 5.75 Å². The van der Waals surface area contributed by atoms with Gasteiger partial charge in [0.15, 0.2) is 0 Å². The van der Waals surface area contributed by atoms with Gasteiger partial charge in [0.1, 0.15) is 22.9 Å². The van der Waals surface area contributed by atoms with Crippen LogP contribution in [0, 0.1) is 6.92 Å². The van der Waals surface area contributed by atoms with Crippen molar-refractivity contribution in [1.82, 2.24) is 9.38 Å². The van der Waals surface area contributed by atoms with Crippen LogP contribution < -0.4 is 5.32 Å². The Balaban J connectivity index is 1.81. The summed E-state index contributed by atoms with van der Waals surface area (Å²) in [4.78, 5) is 4.80. The van der Waals surface area contributed by atoms with Crippen molar-refractivity contribution in [2.24, 2.45) is 0 Å². The highest BCUT2D eigenvalue weighted by atomic mass is 16.3. The highest BCUT2D eigenvalue weighted by molar-refractivity contribution is 5.77. The van der Waals surface area contributed by atoms with E-state index in [2.05, 4.69) is 34.8 Å². The Hall–Kier alpha value is -3.27. The molecule has 2 aromatic heterocycles. The van der Waals surface area contributed by atoms with Crippen molar-refractivity contribution >= 4 is 11.5 Å². The van der Waals surface area contributed by atoms with Crippen LogP contribution in [0.5, 0.6) is 5.75 Å². The molecule has 0 aliphatic carbocycles. The van der Waals surface area contributed by atoms with Crippen molar-refractivity contribution in [2.45, 2.75) is 13.5 Å². The maximum atomic E-state index is 9.57. The van der Waals surface area contributed by atoms with Crippen molar-refractivity contribution in [3.63, 3.8) is 0 Å². The fraction of sp³-hybridized carbons (Fsp3) is 0.0952. The maximum Gasteiger partial charge on any atom is 0.139 e. The van der Waals surface area contributed by atoms with Gasteiger partial charge in [-0.2, -0.15) is 0 Å². The molecule has 0 saturated carbocycles. The number of aromatic hydroxyl groups is 1. The highest BCUT2D eigenvalue weighted by Gasteiger charge is 2.15. The van der Waals surface area contributed by atoms with Crippen LogP contribution in [0.3, 0.4) is 0 Å². The van der Waals surface area contributed by atoms with Gasteiger partial charge in [0.25, 0.3) is 0 Å². The lowest BCUT2D eigenvalue weighted by molar-refractivity contribution is 0.475. The first-order valence-electron chi connectivity index (χ1n) is 8.27. The number of rotatable bonds is 4. The molecule has 2 aromatic carbocycles. The molecule has 2 N–H and O–H groups in total. The minimum atomic E-state index is 0.252. The maximum absolute atomic E-state index is 9.57. The van der Waals surface area contributed by atoms with Crippen molar-refractivity contribution in [3.8, 4) is 17.0 Å². The lowest BCUT2D eigenvalue weighted by Crippen LogP contribution is -2.04. The number of benzene rings is 2. The van der Waals surface area contributed by atoms with Crippen LogP contribution in [-0.4, -0.2) is 14.5 Å². The summed E-state index contributed by atoms with van der Waals surface area (Å²) in [6.45, 7) is 2.79. The smallest absolute Gasteiger partial charge is 0.139 e. The number of pyridine rings is 1. The van der Waals surface area contributed by atoms with E-state index in [4.69, 9.17) is 4.98 Å². The molecule has 0 aliphatic rings. The number of fused-ring (bicyclic) bond motifs is 1. The van der Waals surface area contributed by atoms with Crippen molar-refractivity contribution in [1.29, 1.82) is 0 Å². The van der Waals surface area contributed by atoms with Gasteiger partial charge in [-0.25, -0.2) is 4.98 Å². The van der Waals surface area contributed by atoms with E-state index in [0.717, 1.165) is 28.4 Å². The molecule has 0 radical (unpaired) electrons. The number of hydrogen-bond donors (Lipinski definition) is 2.